The SMILES string of the molecule is CN=C(NCC(=O)N(C)C)NCC(=O)N1CCCC1. The van der Waals surface area contributed by atoms with Crippen LogP contribution in [-0.4, -0.2) is 74.9 Å². The van der Waals surface area contributed by atoms with Crippen molar-refractivity contribution < 1.29 is 9.59 Å². The molecule has 0 aromatic carbocycles. The number of carbonyl (C=O) groups excluding carboxylic acids is 2. The molecule has 0 unspecified atom stereocenters. The Labute approximate surface area is 114 Å². The van der Waals surface area contributed by atoms with E-state index in [1.807, 2.05) is 4.90 Å². The van der Waals surface area contributed by atoms with Gasteiger partial charge in [0, 0.05) is 34.2 Å². The lowest BCUT2D eigenvalue weighted by molar-refractivity contribution is -0.129. The molecule has 1 heterocycles. The topological polar surface area (TPSA) is 77.0 Å². The molecule has 0 aliphatic carbocycles. The molecule has 0 aromatic rings. The van der Waals surface area contributed by atoms with E-state index in [4.69, 9.17) is 0 Å². The number of likely N-dealkylation sites (N-methyl/N-ethyl adjacent to an activating group) is 1. The van der Waals surface area contributed by atoms with Crippen LogP contribution in [0.2, 0.25) is 0 Å². The molecular formula is C12H23N5O2. The first kappa shape index (κ1) is 15.3. The predicted octanol–water partition coefficient (Wildman–Crippen LogP) is -1.14. The summed E-state index contributed by atoms with van der Waals surface area (Å²) in [7, 11) is 4.99. The molecule has 0 bridgehead atoms. The molecule has 0 radical (unpaired) electrons. The molecule has 19 heavy (non-hydrogen) atoms. The Morgan fingerprint density at radius 3 is 2.26 bits per heavy atom. The predicted molar refractivity (Wildman–Crippen MR) is 73.9 cm³/mol. The lowest BCUT2D eigenvalue weighted by atomic mass is 10.4. The lowest BCUT2D eigenvalue weighted by Gasteiger charge is -2.17. The maximum Gasteiger partial charge on any atom is 0.241 e. The van der Waals surface area contributed by atoms with Crippen molar-refractivity contribution in [3.63, 3.8) is 0 Å². The monoisotopic (exact) mass is 269 g/mol. The number of nitrogens with one attached hydrogen (secondary N) is 2. The van der Waals surface area contributed by atoms with Crippen LogP contribution in [0.25, 0.3) is 0 Å². The largest absolute Gasteiger partial charge is 0.347 e. The van der Waals surface area contributed by atoms with Crippen molar-refractivity contribution in [3.05, 3.63) is 0 Å². The van der Waals surface area contributed by atoms with Gasteiger partial charge in [-0.25, -0.2) is 0 Å². The number of likely N-dealkylation sites (tertiary alicyclic amines) is 1. The summed E-state index contributed by atoms with van der Waals surface area (Å²) in [5.74, 6) is 0.482. The molecule has 108 valence electrons. The van der Waals surface area contributed by atoms with E-state index in [1.54, 1.807) is 21.1 Å². The van der Waals surface area contributed by atoms with Crippen molar-refractivity contribution >= 4 is 17.8 Å². The zero-order valence-electron chi connectivity index (χ0n) is 11.9. The first-order valence-electron chi connectivity index (χ1n) is 6.47. The van der Waals surface area contributed by atoms with E-state index in [0.29, 0.717) is 5.96 Å². The third-order valence-electron chi connectivity index (χ3n) is 3.00. The number of nitrogens with zero attached hydrogens (tertiary/aromatic N) is 3. The highest BCUT2D eigenvalue weighted by atomic mass is 16.2. The van der Waals surface area contributed by atoms with Gasteiger partial charge in [-0.3, -0.25) is 14.6 Å². The Morgan fingerprint density at radius 1 is 1.16 bits per heavy atom. The van der Waals surface area contributed by atoms with Crippen LogP contribution in [-0.2, 0) is 9.59 Å². The van der Waals surface area contributed by atoms with Gasteiger partial charge < -0.3 is 20.4 Å². The summed E-state index contributed by atoms with van der Waals surface area (Å²) in [6.07, 6.45) is 2.16. The number of rotatable bonds is 4. The van der Waals surface area contributed by atoms with Gasteiger partial charge in [0.25, 0.3) is 0 Å². The average molecular weight is 269 g/mol. The summed E-state index contributed by atoms with van der Waals surface area (Å²) in [4.78, 5) is 30.5. The van der Waals surface area contributed by atoms with Crippen molar-refractivity contribution in [3.8, 4) is 0 Å². The standard InChI is InChI=1S/C12H23N5O2/c1-13-12(14-8-10(18)16(2)3)15-9-11(19)17-6-4-5-7-17/h4-9H2,1-3H3,(H2,13,14,15). The van der Waals surface area contributed by atoms with E-state index in [1.165, 1.54) is 4.90 Å². The van der Waals surface area contributed by atoms with Gasteiger partial charge in [0.05, 0.1) is 13.1 Å². The number of hydrogen-bond donors (Lipinski definition) is 2. The van der Waals surface area contributed by atoms with Gasteiger partial charge in [0.15, 0.2) is 5.96 Å². The summed E-state index contributed by atoms with van der Waals surface area (Å²) in [6, 6.07) is 0. The maximum atomic E-state index is 11.8. The van der Waals surface area contributed by atoms with Crippen molar-refractivity contribution in [1.29, 1.82) is 0 Å². The Balaban J connectivity index is 2.28. The fraction of sp³-hybridized carbons (Fsp3) is 0.750. The molecule has 2 amide bonds. The first-order chi connectivity index (χ1) is 9.04. The van der Waals surface area contributed by atoms with E-state index in [9.17, 15) is 9.59 Å². The van der Waals surface area contributed by atoms with Gasteiger partial charge >= 0.3 is 0 Å². The van der Waals surface area contributed by atoms with E-state index < -0.39 is 0 Å². The van der Waals surface area contributed by atoms with Crippen LogP contribution in [0.1, 0.15) is 12.8 Å². The number of hydrogen-bond acceptors (Lipinski definition) is 3. The Hall–Kier alpha value is -1.79. The Morgan fingerprint density at radius 2 is 1.74 bits per heavy atom. The van der Waals surface area contributed by atoms with Gasteiger partial charge in [0.1, 0.15) is 0 Å². The molecule has 0 spiro atoms. The lowest BCUT2D eigenvalue weighted by Crippen LogP contribution is -2.46. The molecule has 0 aromatic heterocycles. The van der Waals surface area contributed by atoms with E-state index in [-0.39, 0.29) is 24.9 Å². The zero-order chi connectivity index (χ0) is 14.3. The quantitative estimate of drug-likeness (QED) is 0.500. The Kier molecular flexibility index (Phi) is 6.11. The second kappa shape index (κ2) is 7.60. The normalized spacial score (nSPS) is 15.3. The average Bonchev–Trinajstić information content (AvgIpc) is 2.92. The minimum atomic E-state index is -0.0474. The van der Waals surface area contributed by atoms with Gasteiger partial charge in [-0.2, -0.15) is 0 Å². The van der Waals surface area contributed by atoms with Crippen LogP contribution >= 0.6 is 0 Å². The maximum absolute atomic E-state index is 11.8. The molecule has 0 atom stereocenters. The van der Waals surface area contributed by atoms with Gasteiger partial charge in [-0.1, -0.05) is 0 Å². The van der Waals surface area contributed by atoms with Gasteiger partial charge in [-0.05, 0) is 12.8 Å². The van der Waals surface area contributed by atoms with Crippen LogP contribution < -0.4 is 10.6 Å². The van der Waals surface area contributed by atoms with E-state index in [0.717, 1.165) is 25.9 Å². The highest BCUT2D eigenvalue weighted by Crippen LogP contribution is 2.06. The smallest absolute Gasteiger partial charge is 0.241 e. The number of carbonyl (C=O) groups is 2. The molecule has 0 saturated carbocycles. The first-order valence-corrected chi connectivity index (χ1v) is 6.47. The van der Waals surface area contributed by atoms with Crippen LogP contribution in [0.4, 0.5) is 0 Å². The number of aliphatic imine (C=N–C) groups is 1. The third-order valence-corrected chi connectivity index (χ3v) is 3.00. The summed E-state index contributed by atoms with van der Waals surface area (Å²) in [5, 5.41) is 5.79. The van der Waals surface area contributed by atoms with Crippen molar-refractivity contribution in [2.24, 2.45) is 4.99 Å². The highest BCUT2D eigenvalue weighted by Gasteiger charge is 2.17. The highest BCUT2D eigenvalue weighted by molar-refractivity contribution is 5.89. The molecule has 1 aliphatic rings. The molecule has 1 saturated heterocycles. The third kappa shape index (κ3) is 5.15. The number of amides is 2. The summed E-state index contributed by atoms with van der Waals surface area (Å²) in [6.45, 7) is 2.04. The minimum absolute atomic E-state index is 0.0474. The molecule has 1 aliphatic heterocycles. The number of guanidine groups is 1. The minimum Gasteiger partial charge on any atom is -0.347 e. The zero-order valence-corrected chi connectivity index (χ0v) is 11.9. The van der Waals surface area contributed by atoms with Crippen LogP contribution in [0, 0.1) is 0 Å². The molecule has 2 N–H and O–H groups in total. The molecule has 1 rings (SSSR count). The second-order valence-corrected chi connectivity index (χ2v) is 4.66. The summed E-state index contributed by atoms with van der Waals surface area (Å²) < 4.78 is 0. The van der Waals surface area contributed by atoms with E-state index in [2.05, 4.69) is 15.6 Å². The van der Waals surface area contributed by atoms with Gasteiger partial charge in [-0.15, -0.1) is 0 Å². The molecule has 1 fully saturated rings. The fourth-order valence-corrected chi connectivity index (χ4v) is 1.78. The molecule has 7 heteroatoms. The van der Waals surface area contributed by atoms with E-state index >= 15 is 0 Å². The molecule has 7 nitrogen and oxygen atoms in total. The second-order valence-electron chi connectivity index (χ2n) is 4.66. The van der Waals surface area contributed by atoms with Gasteiger partial charge in [0.2, 0.25) is 11.8 Å². The molecular weight excluding hydrogens is 246 g/mol. The summed E-state index contributed by atoms with van der Waals surface area (Å²) >= 11 is 0. The van der Waals surface area contributed by atoms with Crippen LogP contribution in [0.3, 0.4) is 0 Å². The summed E-state index contributed by atoms with van der Waals surface area (Å²) in [5.41, 5.74) is 0. The van der Waals surface area contributed by atoms with Crippen molar-refractivity contribution in [1.82, 2.24) is 20.4 Å². The van der Waals surface area contributed by atoms with Crippen LogP contribution in [0.15, 0.2) is 4.99 Å². The Bertz CT molecular complexity index is 348. The van der Waals surface area contributed by atoms with Crippen molar-refractivity contribution in [2.75, 3.05) is 47.3 Å². The van der Waals surface area contributed by atoms with Crippen molar-refractivity contribution in [2.45, 2.75) is 12.8 Å². The van der Waals surface area contributed by atoms with Crippen LogP contribution in [0.5, 0.6) is 0 Å². The fourth-order valence-electron chi connectivity index (χ4n) is 1.78.